The Bertz CT molecular complexity index is 650. The van der Waals surface area contributed by atoms with E-state index in [1.165, 1.54) is 11.4 Å². The van der Waals surface area contributed by atoms with Crippen LogP contribution < -0.4 is 10.2 Å². The van der Waals surface area contributed by atoms with Gasteiger partial charge in [0, 0.05) is 19.6 Å². The van der Waals surface area contributed by atoms with Crippen LogP contribution in [-0.4, -0.2) is 22.4 Å². The van der Waals surface area contributed by atoms with Crippen molar-refractivity contribution in [1.29, 1.82) is 0 Å². The monoisotopic (exact) mass is 304 g/mol. The molecule has 0 fully saturated rings. The molecule has 5 heteroatoms. The summed E-state index contributed by atoms with van der Waals surface area (Å²) >= 11 is 6.50. The molecule has 1 atom stereocenters. The molecule has 1 aliphatic heterocycles. The van der Waals surface area contributed by atoms with Crippen LogP contribution in [0.3, 0.4) is 0 Å². The average Bonchev–Trinajstić information content (AvgIpc) is 2.77. The second-order valence-electron chi connectivity index (χ2n) is 5.56. The van der Waals surface area contributed by atoms with Crippen molar-refractivity contribution < 1.29 is 0 Å². The summed E-state index contributed by atoms with van der Waals surface area (Å²) in [5.41, 5.74) is 4.47. The highest BCUT2D eigenvalue weighted by atomic mass is 35.5. The van der Waals surface area contributed by atoms with Gasteiger partial charge in [0.25, 0.3) is 0 Å². The first-order valence-corrected chi connectivity index (χ1v) is 7.79. The van der Waals surface area contributed by atoms with Gasteiger partial charge in [-0.15, -0.1) is 0 Å². The van der Waals surface area contributed by atoms with Gasteiger partial charge in [-0.05, 0) is 25.5 Å². The highest BCUT2D eigenvalue weighted by Crippen LogP contribution is 2.33. The van der Waals surface area contributed by atoms with Gasteiger partial charge in [-0.3, -0.25) is 4.68 Å². The number of hydrogen-bond donors (Lipinski definition) is 1. The highest BCUT2D eigenvalue weighted by Gasteiger charge is 2.25. The summed E-state index contributed by atoms with van der Waals surface area (Å²) in [6.45, 7) is 6.03. The van der Waals surface area contributed by atoms with Crippen LogP contribution in [0.4, 0.5) is 11.4 Å². The van der Waals surface area contributed by atoms with Crippen LogP contribution in [0.25, 0.3) is 0 Å². The molecule has 0 radical (unpaired) electrons. The number of nitrogens with zero attached hydrogens (tertiary/aromatic N) is 3. The predicted octanol–water partition coefficient (Wildman–Crippen LogP) is 3.46. The number of aryl methyl sites for hydroxylation is 2. The van der Waals surface area contributed by atoms with E-state index in [0.717, 1.165) is 35.9 Å². The third-order valence-corrected chi connectivity index (χ3v) is 4.59. The minimum absolute atomic E-state index is 0.413. The number of nitrogens with one attached hydrogen (secondary N) is 1. The molecule has 0 saturated carbocycles. The maximum atomic E-state index is 6.50. The molecule has 1 unspecified atom stereocenters. The number of benzene rings is 1. The van der Waals surface area contributed by atoms with E-state index in [1.54, 1.807) is 0 Å². The third kappa shape index (κ3) is 2.48. The van der Waals surface area contributed by atoms with Crippen LogP contribution >= 0.6 is 11.6 Å². The second-order valence-corrected chi connectivity index (χ2v) is 5.94. The quantitative estimate of drug-likeness (QED) is 0.943. The Morgan fingerprint density at radius 3 is 2.86 bits per heavy atom. The number of anilines is 2. The van der Waals surface area contributed by atoms with Crippen molar-refractivity contribution in [3.63, 3.8) is 0 Å². The zero-order valence-corrected chi connectivity index (χ0v) is 13.5. The van der Waals surface area contributed by atoms with Crippen LogP contribution in [0, 0.1) is 0 Å². The van der Waals surface area contributed by atoms with Crippen LogP contribution in [-0.2, 0) is 20.0 Å². The molecule has 2 aromatic rings. The van der Waals surface area contributed by atoms with Gasteiger partial charge in [0.05, 0.1) is 34.3 Å². The van der Waals surface area contributed by atoms with Crippen molar-refractivity contribution in [2.45, 2.75) is 32.9 Å². The van der Waals surface area contributed by atoms with Gasteiger partial charge < -0.3 is 10.2 Å². The molecule has 112 valence electrons. The minimum Gasteiger partial charge on any atom is -0.381 e. The van der Waals surface area contributed by atoms with Crippen molar-refractivity contribution in [2.24, 2.45) is 7.05 Å². The second kappa shape index (κ2) is 5.60. The van der Waals surface area contributed by atoms with E-state index in [-0.39, 0.29) is 0 Å². The summed E-state index contributed by atoms with van der Waals surface area (Å²) in [6.07, 6.45) is 0.861. The maximum absolute atomic E-state index is 6.50. The average molecular weight is 305 g/mol. The normalized spacial score (nSPS) is 17.5. The molecule has 0 spiro atoms. The Kier molecular flexibility index (Phi) is 3.81. The van der Waals surface area contributed by atoms with Crippen molar-refractivity contribution in [3.05, 3.63) is 40.7 Å². The van der Waals surface area contributed by atoms with Crippen LogP contribution in [0.5, 0.6) is 0 Å². The Hall–Kier alpha value is -1.68. The Balaban J connectivity index is 1.96. The largest absolute Gasteiger partial charge is 0.381 e. The molecule has 0 saturated heterocycles. The summed E-state index contributed by atoms with van der Waals surface area (Å²) in [4.78, 5) is 2.40. The molecule has 1 N–H and O–H groups in total. The smallest absolute Gasteiger partial charge is 0.0868 e. The van der Waals surface area contributed by atoms with E-state index in [2.05, 4.69) is 53.4 Å². The van der Waals surface area contributed by atoms with E-state index in [0.29, 0.717) is 6.04 Å². The molecule has 0 aliphatic carbocycles. The highest BCUT2D eigenvalue weighted by molar-refractivity contribution is 6.31. The SMILES string of the molecule is CCc1nn(C)c(CN2c3ccccc3NCC2C)c1Cl. The summed E-state index contributed by atoms with van der Waals surface area (Å²) < 4.78 is 1.92. The Morgan fingerprint density at radius 1 is 1.38 bits per heavy atom. The summed E-state index contributed by atoms with van der Waals surface area (Å²) in [5, 5.41) is 8.80. The number of rotatable bonds is 3. The Morgan fingerprint density at radius 2 is 2.14 bits per heavy atom. The summed E-state index contributed by atoms with van der Waals surface area (Å²) in [5.74, 6) is 0. The molecule has 0 bridgehead atoms. The van der Waals surface area contributed by atoms with E-state index in [4.69, 9.17) is 11.6 Å². The molecule has 4 nitrogen and oxygen atoms in total. The van der Waals surface area contributed by atoms with Crippen molar-refractivity contribution in [1.82, 2.24) is 9.78 Å². The first kappa shape index (κ1) is 14.3. The van der Waals surface area contributed by atoms with Gasteiger partial charge in [0.1, 0.15) is 0 Å². The topological polar surface area (TPSA) is 33.1 Å². The van der Waals surface area contributed by atoms with E-state index in [1.807, 2.05) is 11.7 Å². The molecule has 1 aliphatic rings. The number of hydrogen-bond acceptors (Lipinski definition) is 3. The van der Waals surface area contributed by atoms with Gasteiger partial charge in [-0.25, -0.2) is 0 Å². The minimum atomic E-state index is 0.413. The van der Waals surface area contributed by atoms with Gasteiger partial charge >= 0.3 is 0 Å². The van der Waals surface area contributed by atoms with Crippen LogP contribution in [0.15, 0.2) is 24.3 Å². The zero-order valence-electron chi connectivity index (χ0n) is 12.7. The fourth-order valence-corrected chi connectivity index (χ4v) is 3.23. The first-order chi connectivity index (χ1) is 10.1. The first-order valence-electron chi connectivity index (χ1n) is 7.41. The van der Waals surface area contributed by atoms with Crippen molar-refractivity contribution in [3.8, 4) is 0 Å². The Labute approximate surface area is 130 Å². The van der Waals surface area contributed by atoms with Gasteiger partial charge in [0.2, 0.25) is 0 Å². The molecule has 1 aromatic carbocycles. The fraction of sp³-hybridized carbons (Fsp3) is 0.438. The van der Waals surface area contributed by atoms with Crippen molar-refractivity contribution in [2.75, 3.05) is 16.8 Å². The molecule has 0 amide bonds. The van der Waals surface area contributed by atoms with Gasteiger partial charge in [-0.2, -0.15) is 5.10 Å². The molecular formula is C16H21ClN4. The maximum Gasteiger partial charge on any atom is 0.0868 e. The lowest BCUT2D eigenvalue weighted by atomic mass is 10.1. The predicted molar refractivity (Wildman–Crippen MR) is 88.2 cm³/mol. The third-order valence-electron chi connectivity index (χ3n) is 4.16. The lowest BCUT2D eigenvalue weighted by Crippen LogP contribution is -2.42. The van der Waals surface area contributed by atoms with Crippen LogP contribution in [0.1, 0.15) is 25.2 Å². The number of para-hydroxylation sites is 2. The summed E-state index contributed by atoms with van der Waals surface area (Å²) in [7, 11) is 1.97. The number of halogens is 1. The fourth-order valence-electron chi connectivity index (χ4n) is 2.87. The zero-order chi connectivity index (χ0) is 15.0. The van der Waals surface area contributed by atoms with E-state index >= 15 is 0 Å². The lowest BCUT2D eigenvalue weighted by Gasteiger charge is -2.37. The van der Waals surface area contributed by atoms with E-state index < -0.39 is 0 Å². The summed E-state index contributed by atoms with van der Waals surface area (Å²) in [6, 6.07) is 8.83. The molecular weight excluding hydrogens is 284 g/mol. The molecule has 2 heterocycles. The van der Waals surface area contributed by atoms with E-state index in [9.17, 15) is 0 Å². The molecule has 21 heavy (non-hydrogen) atoms. The number of aromatic nitrogens is 2. The molecule has 3 rings (SSSR count). The van der Waals surface area contributed by atoms with Gasteiger partial charge in [0.15, 0.2) is 0 Å². The molecule has 1 aromatic heterocycles. The van der Waals surface area contributed by atoms with Crippen molar-refractivity contribution >= 4 is 23.0 Å². The van der Waals surface area contributed by atoms with Gasteiger partial charge in [-0.1, -0.05) is 30.7 Å². The standard InChI is InChI=1S/C16H21ClN4/c1-4-12-16(17)15(20(3)19-12)10-21-11(2)9-18-13-7-5-6-8-14(13)21/h5-8,11,18H,4,9-10H2,1-3H3. The van der Waals surface area contributed by atoms with Crippen LogP contribution in [0.2, 0.25) is 5.02 Å². The number of fused-ring (bicyclic) bond motifs is 1. The lowest BCUT2D eigenvalue weighted by molar-refractivity contribution is 0.607.